The van der Waals surface area contributed by atoms with Crippen LogP contribution < -0.4 is 15.8 Å². The molecule has 0 saturated heterocycles. The van der Waals surface area contributed by atoms with Crippen LogP contribution in [0.1, 0.15) is 25.0 Å². The third-order valence-electron chi connectivity index (χ3n) is 3.70. The maximum absolute atomic E-state index is 12.1. The van der Waals surface area contributed by atoms with Crippen LogP contribution >= 0.6 is 0 Å². The minimum atomic E-state index is -3.51. The average molecular weight is 388 g/mol. The molecule has 0 aliphatic carbocycles. The molecule has 0 atom stereocenters. The molecular weight excluding hydrogens is 362 g/mol. The SMILES string of the molecule is CC(C)NS(=O)(=O)c1ccc(C=CC(=O)NCCc2ccc(N)cc2)cc1. The highest BCUT2D eigenvalue weighted by atomic mass is 32.2. The van der Waals surface area contributed by atoms with Crippen molar-refractivity contribution in [3.8, 4) is 0 Å². The summed E-state index contributed by atoms with van der Waals surface area (Å²) in [7, 11) is -3.51. The molecular formula is C20H25N3O3S. The Balaban J connectivity index is 1.86. The van der Waals surface area contributed by atoms with Crippen molar-refractivity contribution in [1.82, 2.24) is 10.0 Å². The normalized spacial score (nSPS) is 11.8. The highest BCUT2D eigenvalue weighted by molar-refractivity contribution is 7.89. The number of carbonyl (C=O) groups excluding carboxylic acids is 1. The van der Waals surface area contributed by atoms with E-state index in [1.807, 2.05) is 24.3 Å². The Kier molecular flexibility index (Phi) is 7.15. The van der Waals surface area contributed by atoms with Crippen LogP contribution in [0.5, 0.6) is 0 Å². The summed E-state index contributed by atoms with van der Waals surface area (Å²) in [4.78, 5) is 12.1. The molecule has 0 heterocycles. The number of rotatable bonds is 8. The summed E-state index contributed by atoms with van der Waals surface area (Å²) in [5.41, 5.74) is 8.19. The van der Waals surface area contributed by atoms with Gasteiger partial charge < -0.3 is 11.1 Å². The lowest BCUT2D eigenvalue weighted by molar-refractivity contribution is -0.116. The summed E-state index contributed by atoms with van der Waals surface area (Å²) in [6.07, 6.45) is 3.79. The van der Waals surface area contributed by atoms with Crippen molar-refractivity contribution < 1.29 is 13.2 Å². The van der Waals surface area contributed by atoms with Crippen LogP contribution in [-0.4, -0.2) is 26.9 Å². The average Bonchev–Trinajstić information content (AvgIpc) is 2.61. The Labute approximate surface area is 160 Å². The number of hydrogen-bond donors (Lipinski definition) is 3. The van der Waals surface area contributed by atoms with Gasteiger partial charge in [0.05, 0.1) is 4.90 Å². The predicted molar refractivity (Wildman–Crippen MR) is 109 cm³/mol. The van der Waals surface area contributed by atoms with Crippen molar-refractivity contribution in [1.29, 1.82) is 0 Å². The van der Waals surface area contributed by atoms with E-state index in [1.54, 1.807) is 32.1 Å². The molecule has 0 fully saturated rings. The quantitative estimate of drug-likeness (QED) is 0.478. The van der Waals surface area contributed by atoms with Crippen LogP contribution in [-0.2, 0) is 21.2 Å². The summed E-state index contributed by atoms with van der Waals surface area (Å²) < 4.78 is 26.7. The van der Waals surface area contributed by atoms with Gasteiger partial charge in [0.1, 0.15) is 0 Å². The molecule has 144 valence electrons. The summed E-state index contributed by atoms with van der Waals surface area (Å²) in [5, 5.41) is 2.81. The second kappa shape index (κ2) is 9.34. The lowest BCUT2D eigenvalue weighted by Gasteiger charge is -2.09. The Morgan fingerprint density at radius 2 is 1.70 bits per heavy atom. The number of amides is 1. The molecule has 7 heteroatoms. The molecule has 2 rings (SSSR count). The van der Waals surface area contributed by atoms with E-state index >= 15 is 0 Å². The molecule has 0 bridgehead atoms. The molecule has 0 aromatic heterocycles. The molecule has 4 N–H and O–H groups in total. The summed E-state index contributed by atoms with van der Waals surface area (Å²) in [6.45, 7) is 4.05. The number of anilines is 1. The van der Waals surface area contributed by atoms with Crippen LogP contribution in [0, 0.1) is 0 Å². The van der Waals surface area contributed by atoms with Gasteiger partial charge in [-0.3, -0.25) is 4.79 Å². The second-order valence-corrected chi connectivity index (χ2v) is 8.17. The van der Waals surface area contributed by atoms with E-state index in [9.17, 15) is 13.2 Å². The standard InChI is InChI=1S/C20H25N3O3S/c1-15(2)23-27(25,26)19-10-5-16(6-11-19)7-12-20(24)22-14-13-17-3-8-18(21)9-4-17/h3-12,15,23H,13-14,21H2,1-2H3,(H,22,24). The van der Waals surface area contributed by atoms with E-state index in [-0.39, 0.29) is 16.8 Å². The highest BCUT2D eigenvalue weighted by Gasteiger charge is 2.14. The first-order valence-electron chi connectivity index (χ1n) is 8.69. The van der Waals surface area contributed by atoms with Gasteiger partial charge in [0.15, 0.2) is 0 Å². The smallest absolute Gasteiger partial charge is 0.244 e. The largest absolute Gasteiger partial charge is 0.399 e. The van der Waals surface area contributed by atoms with E-state index in [4.69, 9.17) is 5.73 Å². The Morgan fingerprint density at radius 3 is 2.30 bits per heavy atom. The van der Waals surface area contributed by atoms with E-state index in [0.717, 1.165) is 17.5 Å². The molecule has 2 aromatic carbocycles. The summed E-state index contributed by atoms with van der Waals surface area (Å²) in [6, 6.07) is 13.7. The van der Waals surface area contributed by atoms with E-state index in [2.05, 4.69) is 10.0 Å². The maximum Gasteiger partial charge on any atom is 0.244 e. The van der Waals surface area contributed by atoms with Crippen LogP contribution in [0.3, 0.4) is 0 Å². The Hall–Kier alpha value is -2.64. The molecule has 0 saturated carbocycles. The third-order valence-corrected chi connectivity index (χ3v) is 5.38. The fourth-order valence-corrected chi connectivity index (χ4v) is 3.63. The molecule has 27 heavy (non-hydrogen) atoms. The zero-order valence-corrected chi connectivity index (χ0v) is 16.3. The molecule has 1 amide bonds. The monoisotopic (exact) mass is 387 g/mol. The van der Waals surface area contributed by atoms with Crippen LogP contribution in [0.2, 0.25) is 0 Å². The number of nitrogen functional groups attached to an aromatic ring is 1. The van der Waals surface area contributed by atoms with Crippen molar-refractivity contribution in [2.24, 2.45) is 0 Å². The van der Waals surface area contributed by atoms with Crippen molar-refractivity contribution in [3.05, 3.63) is 65.7 Å². The number of hydrogen-bond acceptors (Lipinski definition) is 4. The number of benzene rings is 2. The van der Waals surface area contributed by atoms with Gasteiger partial charge in [-0.1, -0.05) is 24.3 Å². The van der Waals surface area contributed by atoms with Gasteiger partial charge in [-0.2, -0.15) is 0 Å². The van der Waals surface area contributed by atoms with Crippen molar-refractivity contribution in [3.63, 3.8) is 0 Å². The fourth-order valence-electron chi connectivity index (χ4n) is 2.38. The van der Waals surface area contributed by atoms with Gasteiger partial charge in [-0.25, -0.2) is 13.1 Å². The fraction of sp³-hybridized carbons (Fsp3) is 0.250. The lowest BCUT2D eigenvalue weighted by atomic mass is 10.1. The lowest BCUT2D eigenvalue weighted by Crippen LogP contribution is -2.30. The molecule has 0 aliphatic rings. The van der Waals surface area contributed by atoms with Gasteiger partial charge in [-0.05, 0) is 61.7 Å². The first-order valence-corrected chi connectivity index (χ1v) is 10.2. The first-order chi connectivity index (χ1) is 12.8. The Morgan fingerprint density at radius 1 is 1.07 bits per heavy atom. The van der Waals surface area contributed by atoms with Gasteiger partial charge in [0.25, 0.3) is 0 Å². The maximum atomic E-state index is 12.1. The minimum Gasteiger partial charge on any atom is -0.399 e. The summed E-state index contributed by atoms with van der Waals surface area (Å²) >= 11 is 0. The van der Waals surface area contributed by atoms with E-state index < -0.39 is 10.0 Å². The molecule has 0 radical (unpaired) electrons. The second-order valence-electron chi connectivity index (χ2n) is 6.46. The van der Waals surface area contributed by atoms with Crippen LogP contribution in [0.25, 0.3) is 6.08 Å². The zero-order valence-electron chi connectivity index (χ0n) is 15.5. The summed E-state index contributed by atoms with van der Waals surface area (Å²) in [5.74, 6) is -0.205. The molecule has 0 aliphatic heterocycles. The van der Waals surface area contributed by atoms with Crippen LogP contribution in [0.4, 0.5) is 5.69 Å². The zero-order chi connectivity index (χ0) is 19.9. The van der Waals surface area contributed by atoms with Crippen molar-refractivity contribution in [2.75, 3.05) is 12.3 Å². The third kappa shape index (κ3) is 6.88. The molecule has 2 aromatic rings. The highest BCUT2D eigenvalue weighted by Crippen LogP contribution is 2.12. The van der Waals surface area contributed by atoms with Gasteiger partial charge in [0.2, 0.25) is 15.9 Å². The van der Waals surface area contributed by atoms with E-state index in [1.165, 1.54) is 18.2 Å². The van der Waals surface area contributed by atoms with Crippen LogP contribution in [0.15, 0.2) is 59.5 Å². The number of sulfonamides is 1. The molecule has 0 unspecified atom stereocenters. The van der Waals surface area contributed by atoms with Crippen molar-refractivity contribution >= 4 is 27.7 Å². The van der Waals surface area contributed by atoms with E-state index in [0.29, 0.717) is 12.2 Å². The Bertz CT molecular complexity index is 887. The first kappa shape index (κ1) is 20.7. The molecule has 0 spiro atoms. The topological polar surface area (TPSA) is 101 Å². The predicted octanol–water partition coefficient (Wildman–Crippen LogP) is 2.33. The van der Waals surface area contributed by atoms with Crippen molar-refractivity contribution in [2.45, 2.75) is 31.2 Å². The number of nitrogens with two attached hydrogens (primary N) is 1. The minimum absolute atomic E-state index is 0.175. The number of carbonyl (C=O) groups is 1. The van der Waals surface area contributed by atoms with Gasteiger partial charge in [-0.15, -0.1) is 0 Å². The van der Waals surface area contributed by atoms with Gasteiger partial charge in [0, 0.05) is 24.4 Å². The number of nitrogens with one attached hydrogen (secondary N) is 2. The molecule has 6 nitrogen and oxygen atoms in total. The van der Waals surface area contributed by atoms with Gasteiger partial charge >= 0.3 is 0 Å².